The van der Waals surface area contributed by atoms with E-state index in [-0.39, 0.29) is 24.3 Å². The van der Waals surface area contributed by atoms with Crippen molar-refractivity contribution >= 4 is 40.0 Å². The van der Waals surface area contributed by atoms with Gasteiger partial charge in [-0.15, -0.1) is 10.2 Å². The van der Waals surface area contributed by atoms with E-state index in [1.54, 1.807) is 0 Å². The summed E-state index contributed by atoms with van der Waals surface area (Å²) in [5.74, 6) is 0.762. The van der Waals surface area contributed by atoms with Crippen molar-refractivity contribution in [3.05, 3.63) is 69.7 Å². The van der Waals surface area contributed by atoms with E-state index in [1.807, 2.05) is 31.2 Å². The van der Waals surface area contributed by atoms with Gasteiger partial charge < -0.3 is 19.2 Å². The summed E-state index contributed by atoms with van der Waals surface area (Å²) in [4.78, 5) is 13.0. The van der Waals surface area contributed by atoms with Gasteiger partial charge >= 0.3 is 0 Å². The first kappa shape index (κ1) is 21.9. The Labute approximate surface area is 197 Å². The van der Waals surface area contributed by atoms with Gasteiger partial charge in [0.25, 0.3) is 5.91 Å². The maximum Gasteiger partial charge on any atom is 0.287 e. The number of hydrogen-bond acceptors (Lipinski definition) is 8. The summed E-state index contributed by atoms with van der Waals surface area (Å²) < 4.78 is 31.5. The van der Waals surface area contributed by atoms with Crippen LogP contribution in [0.4, 0.5) is 4.39 Å². The Morgan fingerprint density at radius 3 is 3.00 bits per heavy atom. The van der Waals surface area contributed by atoms with Gasteiger partial charge in [0.15, 0.2) is 16.9 Å². The van der Waals surface area contributed by atoms with E-state index in [2.05, 4.69) is 15.5 Å². The molecule has 1 aliphatic heterocycles. The Balaban J connectivity index is 1.32. The van der Waals surface area contributed by atoms with Crippen molar-refractivity contribution in [2.75, 3.05) is 13.3 Å². The average molecular weight is 486 g/mol. The second-order valence-electron chi connectivity index (χ2n) is 7.45. The zero-order valence-electron chi connectivity index (χ0n) is 17.7. The second kappa shape index (κ2) is 9.50. The third kappa shape index (κ3) is 4.73. The molecule has 33 heavy (non-hydrogen) atoms. The Bertz CT molecular complexity index is 1320. The minimum absolute atomic E-state index is 0.131. The fraction of sp³-hybridized carbons (Fsp3) is 0.261. The molecule has 1 amide bonds. The van der Waals surface area contributed by atoms with E-state index in [1.165, 1.54) is 35.2 Å². The minimum atomic E-state index is -0.354. The van der Waals surface area contributed by atoms with Gasteiger partial charge in [-0.1, -0.05) is 41.3 Å². The number of furan rings is 1. The molecule has 170 valence electrons. The quantitative estimate of drug-likeness (QED) is 0.374. The Kier molecular flexibility index (Phi) is 6.30. The van der Waals surface area contributed by atoms with Crippen molar-refractivity contribution in [3.63, 3.8) is 0 Å². The fourth-order valence-electron chi connectivity index (χ4n) is 3.73. The molecule has 0 bridgehead atoms. The molecule has 0 fully saturated rings. The van der Waals surface area contributed by atoms with Crippen LogP contribution in [0.3, 0.4) is 0 Å². The molecule has 4 aromatic rings. The van der Waals surface area contributed by atoms with Crippen molar-refractivity contribution in [2.24, 2.45) is 0 Å². The topological polar surface area (TPSA) is 86.5 Å². The number of hydrogen-bond donors (Lipinski definition) is 1. The Morgan fingerprint density at radius 1 is 1.27 bits per heavy atom. The molecule has 0 aliphatic carbocycles. The number of nitrogens with zero attached hydrogens (tertiary/aromatic N) is 2. The lowest BCUT2D eigenvalue weighted by Crippen LogP contribution is -2.26. The number of halogens is 1. The summed E-state index contributed by atoms with van der Waals surface area (Å²) in [6.45, 7) is 2.65. The number of thioether (sulfide) groups is 1. The van der Waals surface area contributed by atoms with Gasteiger partial charge in [-0.3, -0.25) is 4.79 Å². The number of aromatic nitrogens is 2. The second-order valence-corrected chi connectivity index (χ2v) is 9.86. The number of para-hydroxylation sites is 1. The maximum absolute atomic E-state index is 14.0. The predicted molar refractivity (Wildman–Crippen MR) is 123 cm³/mol. The number of rotatable bonds is 7. The first-order chi connectivity index (χ1) is 16.1. The van der Waals surface area contributed by atoms with E-state index in [0.717, 1.165) is 20.3 Å². The average Bonchev–Trinajstić information content (AvgIpc) is 3.40. The van der Waals surface area contributed by atoms with Gasteiger partial charge in [0.1, 0.15) is 22.2 Å². The molecule has 3 heterocycles. The van der Waals surface area contributed by atoms with Crippen LogP contribution >= 0.6 is 23.1 Å². The maximum atomic E-state index is 14.0. The van der Waals surface area contributed by atoms with Crippen LogP contribution in [0.25, 0.3) is 11.0 Å². The number of aryl methyl sites for hydroxylation is 1. The van der Waals surface area contributed by atoms with E-state index < -0.39 is 0 Å². The third-order valence-corrected chi connectivity index (χ3v) is 7.18. The summed E-state index contributed by atoms with van der Waals surface area (Å²) in [7, 11) is 0. The first-order valence-corrected chi connectivity index (χ1v) is 12.1. The lowest BCUT2D eigenvalue weighted by molar-refractivity contribution is -0.0172. The standard InChI is InChI=1S/C23H20FN3O4S2/c1-13-26-27-23(33-13)32-11-18-17-4-2-3-5-19(17)31-21(18)22(28)25-7-6-14-8-16(24)9-15-10-29-12-30-20(14)15/h2-5,8-9H,6-7,10-12H2,1H3,(H,25,28). The van der Waals surface area contributed by atoms with Gasteiger partial charge in [-0.25, -0.2) is 4.39 Å². The van der Waals surface area contributed by atoms with Gasteiger partial charge in [0.05, 0.1) is 6.61 Å². The predicted octanol–water partition coefficient (Wildman–Crippen LogP) is 4.86. The Hall–Kier alpha value is -2.95. The molecule has 0 unspecified atom stereocenters. The molecule has 5 rings (SSSR count). The highest BCUT2D eigenvalue weighted by Gasteiger charge is 2.22. The van der Waals surface area contributed by atoms with Crippen LogP contribution in [0.1, 0.15) is 32.3 Å². The number of ether oxygens (including phenoxy) is 2. The molecule has 0 radical (unpaired) electrons. The number of carbonyl (C=O) groups excluding carboxylic acids is 1. The van der Waals surface area contributed by atoms with Crippen molar-refractivity contribution in [1.82, 2.24) is 15.5 Å². The number of carbonyl (C=O) groups is 1. The van der Waals surface area contributed by atoms with Gasteiger partial charge in [0, 0.05) is 28.8 Å². The molecule has 0 saturated carbocycles. The molecule has 1 aliphatic rings. The molecule has 0 spiro atoms. The van der Waals surface area contributed by atoms with Crippen LogP contribution in [0.5, 0.6) is 5.75 Å². The number of nitrogens with one attached hydrogen (secondary N) is 1. The first-order valence-electron chi connectivity index (χ1n) is 10.3. The fourth-order valence-corrected chi connectivity index (χ4v) is 5.57. The van der Waals surface area contributed by atoms with Crippen LogP contribution in [-0.2, 0) is 23.5 Å². The van der Waals surface area contributed by atoms with E-state index >= 15 is 0 Å². The largest absolute Gasteiger partial charge is 0.467 e. The van der Waals surface area contributed by atoms with E-state index in [0.29, 0.717) is 47.8 Å². The highest BCUT2D eigenvalue weighted by molar-refractivity contribution is 8.00. The number of amides is 1. The summed E-state index contributed by atoms with van der Waals surface area (Å²) in [6.07, 6.45) is 0.417. The van der Waals surface area contributed by atoms with Crippen molar-refractivity contribution in [1.29, 1.82) is 0 Å². The summed E-state index contributed by atoms with van der Waals surface area (Å²) in [6, 6.07) is 10.4. The van der Waals surface area contributed by atoms with Crippen molar-refractivity contribution in [3.8, 4) is 5.75 Å². The molecular formula is C23H20FN3O4S2. The molecule has 10 heteroatoms. The van der Waals surface area contributed by atoms with Crippen LogP contribution in [-0.4, -0.2) is 29.4 Å². The number of fused-ring (bicyclic) bond motifs is 2. The molecule has 1 N–H and O–H groups in total. The van der Waals surface area contributed by atoms with Crippen LogP contribution in [0.2, 0.25) is 0 Å². The smallest absolute Gasteiger partial charge is 0.287 e. The lowest BCUT2D eigenvalue weighted by atomic mass is 10.1. The summed E-state index contributed by atoms with van der Waals surface area (Å²) in [5, 5.41) is 12.9. The third-order valence-electron chi connectivity index (χ3n) is 5.18. The SMILES string of the molecule is Cc1nnc(SCc2c(C(=O)NCCc3cc(F)cc4c3OCOC4)oc3ccccc23)s1. The van der Waals surface area contributed by atoms with Gasteiger partial charge in [-0.2, -0.15) is 0 Å². The number of benzene rings is 2. The van der Waals surface area contributed by atoms with Gasteiger partial charge in [0.2, 0.25) is 0 Å². The summed E-state index contributed by atoms with van der Waals surface area (Å²) >= 11 is 3.03. The highest BCUT2D eigenvalue weighted by Crippen LogP contribution is 2.33. The van der Waals surface area contributed by atoms with Crippen molar-refractivity contribution < 1.29 is 23.1 Å². The zero-order chi connectivity index (χ0) is 22.8. The molecule has 7 nitrogen and oxygen atoms in total. The normalized spacial score (nSPS) is 13.0. The zero-order valence-corrected chi connectivity index (χ0v) is 19.4. The Morgan fingerprint density at radius 2 is 2.15 bits per heavy atom. The molecule has 2 aromatic carbocycles. The van der Waals surface area contributed by atoms with Crippen LogP contribution in [0, 0.1) is 12.7 Å². The van der Waals surface area contributed by atoms with Crippen LogP contribution in [0.15, 0.2) is 45.2 Å². The van der Waals surface area contributed by atoms with E-state index in [9.17, 15) is 9.18 Å². The monoisotopic (exact) mass is 485 g/mol. The molecular weight excluding hydrogens is 465 g/mol. The van der Waals surface area contributed by atoms with E-state index in [4.69, 9.17) is 13.9 Å². The van der Waals surface area contributed by atoms with Crippen molar-refractivity contribution in [2.45, 2.75) is 30.0 Å². The highest BCUT2D eigenvalue weighted by atomic mass is 32.2. The lowest BCUT2D eigenvalue weighted by Gasteiger charge is -2.20. The summed E-state index contributed by atoms with van der Waals surface area (Å²) in [5.41, 5.74) is 2.83. The van der Waals surface area contributed by atoms with Gasteiger partial charge in [-0.05, 0) is 37.1 Å². The van der Waals surface area contributed by atoms with Crippen LogP contribution < -0.4 is 10.1 Å². The minimum Gasteiger partial charge on any atom is -0.467 e. The molecule has 0 atom stereocenters. The molecule has 0 saturated heterocycles. The molecule has 2 aromatic heterocycles.